The van der Waals surface area contributed by atoms with Crippen molar-refractivity contribution in [2.45, 2.75) is 64.2 Å². The van der Waals surface area contributed by atoms with Crippen LogP contribution in [0.1, 0.15) is 63.6 Å². The highest BCUT2D eigenvalue weighted by atomic mass is 35.5. The van der Waals surface area contributed by atoms with Crippen LogP contribution >= 0.6 is 35.0 Å². The molecule has 2 heterocycles. The zero-order valence-electron chi connectivity index (χ0n) is 17.0. The molecule has 1 saturated carbocycles. The molecule has 30 heavy (non-hydrogen) atoms. The van der Waals surface area contributed by atoms with Crippen molar-refractivity contribution in [1.82, 2.24) is 9.88 Å². The smallest absolute Gasteiger partial charge is 0.272 e. The second-order valence-corrected chi connectivity index (χ2v) is 11.4. The lowest BCUT2D eigenvalue weighted by Crippen LogP contribution is -2.38. The van der Waals surface area contributed by atoms with E-state index in [1.807, 2.05) is 30.3 Å². The van der Waals surface area contributed by atoms with Crippen LogP contribution in [0.4, 0.5) is 0 Å². The third-order valence-corrected chi connectivity index (χ3v) is 7.74. The average molecular weight is 465 g/mol. The second-order valence-electron chi connectivity index (χ2n) is 9.52. The lowest BCUT2D eigenvalue weighted by molar-refractivity contribution is 0.0702. The molecule has 1 saturated heterocycles. The van der Waals surface area contributed by atoms with Gasteiger partial charge >= 0.3 is 0 Å². The van der Waals surface area contributed by atoms with E-state index in [2.05, 4.69) is 30.7 Å². The van der Waals surface area contributed by atoms with Crippen molar-refractivity contribution in [3.8, 4) is 0 Å². The van der Waals surface area contributed by atoms with Crippen LogP contribution in [-0.4, -0.2) is 28.4 Å². The summed E-state index contributed by atoms with van der Waals surface area (Å²) in [5, 5.41) is 1.26. The first-order valence-electron chi connectivity index (χ1n) is 9.99. The molecule has 0 radical (unpaired) electrons. The minimum atomic E-state index is 0. The van der Waals surface area contributed by atoms with Crippen LogP contribution < -0.4 is 0 Å². The van der Waals surface area contributed by atoms with E-state index in [4.69, 9.17) is 23.2 Å². The third-order valence-electron chi connectivity index (χ3n) is 5.97. The molecule has 1 amide bonds. The monoisotopic (exact) mass is 464 g/mol. The van der Waals surface area contributed by atoms with E-state index in [0.717, 1.165) is 30.0 Å². The van der Waals surface area contributed by atoms with Gasteiger partial charge in [0.05, 0.1) is 10.7 Å². The Bertz CT molecular complexity index is 949. The fourth-order valence-electron chi connectivity index (χ4n) is 5.27. The van der Waals surface area contributed by atoms with Gasteiger partial charge in [-0.3, -0.25) is 4.79 Å². The summed E-state index contributed by atoms with van der Waals surface area (Å²) in [4.78, 5) is 21.0. The standard InChI is InChI=1S/C23H26Cl2N2OS.CH4/c1-22(2)10-17-11-23(3,13-22)14-27(17)21(28)19-6-4-5-16(26-19)12-29-20-8-7-15(24)9-18(20)25;/h4-9,17H,10-14H2,1-3H3;1H4/t17-,23-;/m1./s1. The summed E-state index contributed by atoms with van der Waals surface area (Å²) in [5.74, 6) is 0.712. The van der Waals surface area contributed by atoms with Crippen LogP contribution in [0, 0.1) is 10.8 Å². The van der Waals surface area contributed by atoms with E-state index in [0.29, 0.717) is 27.5 Å². The molecular weight excluding hydrogens is 435 g/mol. The van der Waals surface area contributed by atoms with Gasteiger partial charge in [0.2, 0.25) is 0 Å². The highest BCUT2D eigenvalue weighted by molar-refractivity contribution is 7.98. The molecule has 2 bridgehead atoms. The first-order valence-corrected chi connectivity index (χ1v) is 11.7. The number of rotatable bonds is 4. The number of pyridine rings is 1. The van der Waals surface area contributed by atoms with E-state index in [1.54, 1.807) is 17.8 Å². The van der Waals surface area contributed by atoms with Gasteiger partial charge in [-0.2, -0.15) is 0 Å². The predicted octanol–water partition coefficient (Wildman–Crippen LogP) is 7.36. The Labute approximate surface area is 194 Å². The summed E-state index contributed by atoms with van der Waals surface area (Å²) >= 11 is 13.8. The van der Waals surface area contributed by atoms with Crippen LogP contribution in [0.3, 0.4) is 0 Å². The molecule has 2 atom stereocenters. The van der Waals surface area contributed by atoms with Crippen molar-refractivity contribution in [3.05, 3.63) is 57.8 Å². The molecule has 0 spiro atoms. The molecule has 1 aromatic heterocycles. The Morgan fingerprint density at radius 1 is 1.20 bits per heavy atom. The van der Waals surface area contributed by atoms with Gasteiger partial charge in [0.25, 0.3) is 5.91 Å². The van der Waals surface area contributed by atoms with Crippen LogP contribution in [0.2, 0.25) is 10.0 Å². The SMILES string of the molecule is C.CC1(C)C[C@@H]2C[C@@](C)(CN2C(=O)c2cccc(CSc3ccc(Cl)cc3Cl)n2)C1. The maximum atomic E-state index is 13.3. The topological polar surface area (TPSA) is 33.2 Å². The molecule has 3 nitrogen and oxygen atoms in total. The molecule has 0 unspecified atom stereocenters. The molecule has 0 N–H and O–H groups in total. The Hall–Kier alpha value is -1.23. The third kappa shape index (κ3) is 4.98. The molecule has 4 rings (SSSR count). The van der Waals surface area contributed by atoms with Crippen molar-refractivity contribution in [1.29, 1.82) is 0 Å². The quantitative estimate of drug-likeness (QED) is 0.443. The van der Waals surface area contributed by atoms with Crippen LogP contribution in [0.5, 0.6) is 0 Å². The predicted molar refractivity (Wildman–Crippen MR) is 128 cm³/mol. The molecule has 162 valence electrons. The number of benzene rings is 1. The Morgan fingerprint density at radius 3 is 2.70 bits per heavy atom. The highest BCUT2D eigenvalue weighted by Crippen LogP contribution is 2.52. The Balaban J connectivity index is 0.00000256. The van der Waals surface area contributed by atoms with Gasteiger partial charge in [0.15, 0.2) is 0 Å². The first kappa shape index (κ1) is 23.4. The van der Waals surface area contributed by atoms with Crippen LogP contribution in [-0.2, 0) is 5.75 Å². The largest absolute Gasteiger partial charge is 0.334 e. The molecule has 2 aromatic rings. The van der Waals surface area contributed by atoms with Crippen molar-refractivity contribution in [3.63, 3.8) is 0 Å². The number of thioether (sulfide) groups is 1. The number of carbonyl (C=O) groups is 1. The number of likely N-dealkylation sites (tertiary alicyclic amines) is 1. The fraction of sp³-hybridized carbons (Fsp3) is 0.500. The number of fused-ring (bicyclic) bond motifs is 2. The summed E-state index contributed by atoms with van der Waals surface area (Å²) in [5.41, 5.74) is 1.93. The number of carbonyl (C=O) groups excluding carboxylic acids is 1. The zero-order valence-corrected chi connectivity index (χ0v) is 19.4. The molecule has 1 aromatic carbocycles. The van der Waals surface area contributed by atoms with Gasteiger partial charge in [-0.1, -0.05) is 57.5 Å². The van der Waals surface area contributed by atoms with Crippen molar-refractivity contribution in [2.24, 2.45) is 10.8 Å². The van der Waals surface area contributed by atoms with Gasteiger partial charge in [0, 0.05) is 28.3 Å². The first-order chi connectivity index (χ1) is 13.6. The van der Waals surface area contributed by atoms with Gasteiger partial charge in [-0.25, -0.2) is 4.98 Å². The van der Waals surface area contributed by atoms with Crippen LogP contribution in [0.15, 0.2) is 41.3 Å². The number of amides is 1. The summed E-state index contributed by atoms with van der Waals surface area (Å²) < 4.78 is 0. The number of aromatic nitrogens is 1. The molecule has 2 fully saturated rings. The lowest BCUT2D eigenvalue weighted by atomic mass is 9.65. The molecule has 1 aliphatic heterocycles. The molecular formula is C24H30Cl2N2OS. The van der Waals surface area contributed by atoms with Gasteiger partial charge < -0.3 is 4.90 Å². The second kappa shape index (κ2) is 8.72. The Morgan fingerprint density at radius 2 is 1.97 bits per heavy atom. The minimum Gasteiger partial charge on any atom is -0.334 e. The van der Waals surface area contributed by atoms with Gasteiger partial charge in [0.1, 0.15) is 5.69 Å². The number of hydrogen-bond donors (Lipinski definition) is 0. The number of nitrogens with zero attached hydrogens (tertiary/aromatic N) is 2. The fourth-order valence-corrected chi connectivity index (χ4v) is 6.66. The molecule has 6 heteroatoms. The maximum Gasteiger partial charge on any atom is 0.272 e. The molecule has 2 aliphatic rings. The van der Waals surface area contributed by atoms with E-state index < -0.39 is 0 Å². The van der Waals surface area contributed by atoms with Crippen molar-refractivity contribution >= 4 is 40.9 Å². The zero-order chi connectivity index (χ0) is 20.8. The number of hydrogen-bond acceptors (Lipinski definition) is 3. The lowest BCUT2D eigenvalue weighted by Gasteiger charge is -2.39. The van der Waals surface area contributed by atoms with E-state index >= 15 is 0 Å². The van der Waals surface area contributed by atoms with Crippen molar-refractivity contribution in [2.75, 3.05) is 6.54 Å². The van der Waals surface area contributed by atoms with Gasteiger partial charge in [-0.15, -0.1) is 11.8 Å². The normalized spacial score (nSPS) is 24.4. The number of halogens is 2. The van der Waals surface area contributed by atoms with E-state index in [-0.39, 0.29) is 24.2 Å². The minimum absolute atomic E-state index is 0. The summed E-state index contributed by atoms with van der Waals surface area (Å²) in [7, 11) is 0. The van der Waals surface area contributed by atoms with E-state index in [9.17, 15) is 4.79 Å². The highest BCUT2D eigenvalue weighted by Gasteiger charge is 2.51. The van der Waals surface area contributed by atoms with E-state index in [1.165, 1.54) is 6.42 Å². The molecule has 1 aliphatic carbocycles. The average Bonchev–Trinajstić information content (AvgIpc) is 2.89. The van der Waals surface area contributed by atoms with Gasteiger partial charge in [-0.05, 0) is 60.4 Å². The van der Waals surface area contributed by atoms with Crippen molar-refractivity contribution < 1.29 is 4.79 Å². The summed E-state index contributed by atoms with van der Waals surface area (Å²) in [6, 6.07) is 11.5. The Kier molecular flexibility index (Phi) is 6.81. The van der Waals surface area contributed by atoms with Crippen LogP contribution in [0.25, 0.3) is 0 Å². The summed E-state index contributed by atoms with van der Waals surface area (Å²) in [6.07, 6.45) is 3.35. The maximum absolute atomic E-state index is 13.3. The summed E-state index contributed by atoms with van der Waals surface area (Å²) in [6.45, 7) is 7.80.